The molecule has 108 valence electrons. The number of piperidine rings is 1. The molecule has 0 saturated carbocycles. The van der Waals surface area contributed by atoms with Crippen LogP contribution in [0.3, 0.4) is 0 Å². The van der Waals surface area contributed by atoms with Crippen molar-refractivity contribution in [2.45, 2.75) is 19.8 Å². The third-order valence-corrected chi connectivity index (χ3v) is 4.28. The van der Waals surface area contributed by atoms with Crippen molar-refractivity contribution in [2.24, 2.45) is 11.7 Å². The summed E-state index contributed by atoms with van der Waals surface area (Å²) in [5, 5.41) is 0.725. The van der Waals surface area contributed by atoms with E-state index >= 15 is 0 Å². The van der Waals surface area contributed by atoms with Gasteiger partial charge in [0.05, 0.1) is 0 Å². The van der Waals surface area contributed by atoms with Crippen LogP contribution in [0.4, 0.5) is 0 Å². The van der Waals surface area contributed by atoms with Crippen molar-refractivity contribution < 1.29 is 4.79 Å². The van der Waals surface area contributed by atoms with E-state index in [1.807, 2.05) is 36.1 Å². The van der Waals surface area contributed by atoms with Crippen molar-refractivity contribution in [3.05, 3.63) is 40.4 Å². The van der Waals surface area contributed by atoms with Crippen molar-refractivity contribution in [3.8, 4) is 0 Å². The van der Waals surface area contributed by atoms with E-state index in [9.17, 15) is 4.79 Å². The molecule has 3 nitrogen and oxygen atoms in total. The predicted octanol–water partition coefficient (Wildman–Crippen LogP) is 2.86. The highest BCUT2D eigenvalue weighted by Gasteiger charge is 2.20. The number of hydrogen-bond donors (Lipinski definition) is 1. The maximum Gasteiger partial charge on any atom is 0.246 e. The van der Waals surface area contributed by atoms with Crippen LogP contribution in [-0.2, 0) is 4.79 Å². The molecule has 1 amide bonds. The first kappa shape index (κ1) is 15.1. The molecule has 0 aliphatic carbocycles. The minimum Gasteiger partial charge on any atom is -0.339 e. The molecule has 0 spiro atoms. The summed E-state index contributed by atoms with van der Waals surface area (Å²) in [6, 6.07) is 5.80. The van der Waals surface area contributed by atoms with Gasteiger partial charge in [0, 0.05) is 24.2 Å². The van der Waals surface area contributed by atoms with Crippen molar-refractivity contribution >= 4 is 23.6 Å². The zero-order valence-electron chi connectivity index (χ0n) is 11.8. The first-order chi connectivity index (χ1) is 9.60. The van der Waals surface area contributed by atoms with E-state index in [2.05, 4.69) is 0 Å². The van der Waals surface area contributed by atoms with Crippen LogP contribution in [0.5, 0.6) is 0 Å². The topological polar surface area (TPSA) is 46.3 Å². The quantitative estimate of drug-likeness (QED) is 0.871. The van der Waals surface area contributed by atoms with Crippen LogP contribution in [0, 0.1) is 12.8 Å². The molecule has 1 aliphatic heterocycles. The Hall–Kier alpha value is -1.32. The SMILES string of the molecule is Cc1ccc(/C=C/C(=O)N2CCC(CN)CC2)cc1Cl. The lowest BCUT2D eigenvalue weighted by atomic mass is 9.97. The molecule has 2 N–H and O–H groups in total. The molecule has 0 aromatic heterocycles. The lowest BCUT2D eigenvalue weighted by molar-refractivity contribution is -0.127. The summed E-state index contributed by atoms with van der Waals surface area (Å²) < 4.78 is 0. The smallest absolute Gasteiger partial charge is 0.246 e. The molecular formula is C16H21ClN2O. The number of halogens is 1. The number of nitrogens with zero attached hydrogens (tertiary/aromatic N) is 1. The van der Waals surface area contributed by atoms with Crippen molar-refractivity contribution in [1.29, 1.82) is 0 Å². The Balaban J connectivity index is 1.94. The van der Waals surface area contributed by atoms with Crippen LogP contribution in [-0.4, -0.2) is 30.4 Å². The predicted molar refractivity (Wildman–Crippen MR) is 83.6 cm³/mol. The molecule has 0 atom stereocenters. The van der Waals surface area contributed by atoms with E-state index in [1.54, 1.807) is 6.08 Å². The first-order valence-corrected chi connectivity index (χ1v) is 7.41. The van der Waals surface area contributed by atoms with Crippen LogP contribution in [0.1, 0.15) is 24.0 Å². The normalized spacial score (nSPS) is 16.9. The molecule has 20 heavy (non-hydrogen) atoms. The molecule has 1 aromatic rings. The number of aryl methyl sites for hydroxylation is 1. The van der Waals surface area contributed by atoms with Gasteiger partial charge < -0.3 is 10.6 Å². The summed E-state index contributed by atoms with van der Waals surface area (Å²) >= 11 is 6.07. The number of likely N-dealkylation sites (tertiary alicyclic amines) is 1. The van der Waals surface area contributed by atoms with Crippen LogP contribution in [0.15, 0.2) is 24.3 Å². The van der Waals surface area contributed by atoms with E-state index < -0.39 is 0 Å². The summed E-state index contributed by atoms with van der Waals surface area (Å²) in [5.74, 6) is 0.635. The van der Waals surface area contributed by atoms with E-state index in [-0.39, 0.29) is 5.91 Å². The average molecular weight is 293 g/mol. The van der Waals surface area contributed by atoms with Crippen LogP contribution in [0.25, 0.3) is 6.08 Å². The van der Waals surface area contributed by atoms with Gasteiger partial charge in [-0.15, -0.1) is 0 Å². The number of nitrogens with two attached hydrogens (primary N) is 1. The average Bonchev–Trinajstić information content (AvgIpc) is 2.48. The van der Waals surface area contributed by atoms with Gasteiger partial charge >= 0.3 is 0 Å². The van der Waals surface area contributed by atoms with Crippen molar-refractivity contribution in [3.63, 3.8) is 0 Å². The minimum absolute atomic E-state index is 0.0668. The number of benzene rings is 1. The molecule has 1 aromatic carbocycles. The van der Waals surface area contributed by atoms with Gasteiger partial charge in [0.2, 0.25) is 5.91 Å². The van der Waals surface area contributed by atoms with Gasteiger partial charge in [-0.25, -0.2) is 0 Å². The van der Waals surface area contributed by atoms with Gasteiger partial charge in [0.25, 0.3) is 0 Å². The molecule has 0 radical (unpaired) electrons. The van der Waals surface area contributed by atoms with Gasteiger partial charge in [0.15, 0.2) is 0 Å². The summed E-state index contributed by atoms with van der Waals surface area (Å²) in [7, 11) is 0. The number of hydrogen-bond acceptors (Lipinski definition) is 2. The Bertz CT molecular complexity index is 505. The molecule has 0 unspecified atom stereocenters. The second kappa shape index (κ2) is 6.91. The summed E-state index contributed by atoms with van der Waals surface area (Å²) in [6.45, 7) is 4.29. The fourth-order valence-electron chi connectivity index (χ4n) is 2.37. The maximum absolute atomic E-state index is 12.1. The molecule has 1 heterocycles. The minimum atomic E-state index is 0.0668. The van der Waals surface area contributed by atoms with Gasteiger partial charge in [-0.2, -0.15) is 0 Å². The van der Waals surface area contributed by atoms with E-state index in [0.717, 1.165) is 48.6 Å². The lowest BCUT2D eigenvalue weighted by Crippen LogP contribution is -2.39. The Morgan fingerprint density at radius 2 is 2.15 bits per heavy atom. The van der Waals surface area contributed by atoms with Crippen LogP contribution < -0.4 is 5.73 Å². The fraction of sp³-hybridized carbons (Fsp3) is 0.438. The lowest BCUT2D eigenvalue weighted by Gasteiger charge is -2.30. The zero-order chi connectivity index (χ0) is 14.5. The van der Waals surface area contributed by atoms with Crippen molar-refractivity contribution in [2.75, 3.05) is 19.6 Å². The Kier molecular flexibility index (Phi) is 5.21. The standard InChI is InChI=1S/C16H21ClN2O/c1-12-2-3-13(10-15(12)17)4-5-16(20)19-8-6-14(11-18)7-9-19/h2-5,10,14H,6-9,11,18H2,1H3/b5-4+. The zero-order valence-corrected chi connectivity index (χ0v) is 12.6. The molecule has 2 rings (SSSR count). The second-order valence-corrected chi connectivity index (χ2v) is 5.75. The monoisotopic (exact) mass is 292 g/mol. The summed E-state index contributed by atoms with van der Waals surface area (Å²) in [6.07, 6.45) is 5.46. The Labute approximate surface area is 125 Å². The molecule has 1 fully saturated rings. The highest BCUT2D eigenvalue weighted by molar-refractivity contribution is 6.31. The first-order valence-electron chi connectivity index (χ1n) is 7.03. The van der Waals surface area contributed by atoms with Gasteiger partial charge in [0.1, 0.15) is 0 Å². The highest BCUT2D eigenvalue weighted by atomic mass is 35.5. The van der Waals surface area contributed by atoms with E-state index in [0.29, 0.717) is 5.92 Å². The summed E-state index contributed by atoms with van der Waals surface area (Å²) in [4.78, 5) is 14.0. The third kappa shape index (κ3) is 3.84. The Morgan fingerprint density at radius 1 is 1.45 bits per heavy atom. The highest BCUT2D eigenvalue weighted by Crippen LogP contribution is 2.18. The second-order valence-electron chi connectivity index (χ2n) is 5.35. The van der Waals surface area contributed by atoms with Gasteiger partial charge in [-0.1, -0.05) is 23.7 Å². The molecule has 0 bridgehead atoms. The third-order valence-electron chi connectivity index (χ3n) is 3.87. The van der Waals surface area contributed by atoms with Gasteiger partial charge in [-0.3, -0.25) is 4.79 Å². The van der Waals surface area contributed by atoms with Crippen LogP contribution in [0.2, 0.25) is 5.02 Å². The molecule has 4 heteroatoms. The maximum atomic E-state index is 12.1. The number of amides is 1. The van der Waals surface area contributed by atoms with Gasteiger partial charge in [-0.05, 0) is 55.5 Å². The molecule has 1 saturated heterocycles. The number of rotatable bonds is 3. The largest absolute Gasteiger partial charge is 0.339 e. The van der Waals surface area contributed by atoms with E-state index in [1.165, 1.54) is 0 Å². The summed E-state index contributed by atoms with van der Waals surface area (Å²) in [5.41, 5.74) is 7.65. The van der Waals surface area contributed by atoms with Crippen molar-refractivity contribution in [1.82, 2.24) is 4.90 Å². The van der Waals surface area contributed by atoms with Crippen LogP contribution >= 0.6 is 11.6 Å². The van der Waals surface area contributed by atoms with E-state index in [4.69, 9.17) is 17.3 Å². The molecule has 1 aliphatic rings. The number of carbonyl (C=O) groups excluding carboxylic acids is 1. The molecular weight excluding hydrogens is 272 g/mol. The Morgan fingerprint density at radius 3 is 2.75 bits per heavy atom. The fourth-order valence-corrected chi connectivity index (χ4v) is 2.56. The number of carbonyl (C=O) groups is 1.